The molecular formula is C15H14N4S. The molecule has 0 radical (unpaired) electrons. The predicted octanol–water partition coefficient (Wildman–Crippen LogP) is 3.96. The highest BCUT2D eigenvalue weighted by Gasteiger charge is 2.06. The van der Waals surface area contributed by atoms with E-state index in [0.29, 0.717) is 0 Å². The van der Waals surface area contributed by atoms with Crippen molar-refractivity contribution in [3.63, 3.8) is 0 Å². The molecule has 3 rings (SSSR count). The van der Waals surface area contributed by atoms with Crippen LogP contribution in [-0.2, 0) is 0 Å². The van der Waals surface area contributed by atoms with E-state index in [0.717, 1.165) is 22.2 Å². The highest BCUT2D eigenvalue weighted by Crippen LogP contribution is 2.26. The van der Waals surface area contributed by atoms with Crippen molar-refractivity contribution in [3.8, 4) is 11.4 Å². The second-order valence-electron chi connectivity index (χ2n) is 4.64. The molecule has 0 bridgehead atoms. The zero-order valence-electron chi connectivity index (χ0n) is 11.3. The fraction of sp³-hybridized carbons (Fsp3) is 0.133. The fourth-order valence-electron chi connectivity index (χ4n) is 1.86. The second-order valence-corrected chi connectivity index (χ2v) is 5.44. The Balaban J connectivity index is 1.84. The van der Waals surface area contributed by atoms with Crippen LogP contribution in [0.25, 0.3) is 11.4 Å². The molecule has 0 aliphatic heterocycles. The number of hydrogen-bond acceptors (Lipinski definition) is 5. The smallest absolute Gasteiger partial charge is 0.131 e. The first-order chi connectivity index (χ1) is 9.70. The molecule has 3 heterocycles. The van der Waals surface area contributed by atoms with Gasteiger partial charge in [0.25, 0.3) is 0 Å². The van der Waals surface area contributed by atoms with Crippen LogP contribution in [0.5, 0.6) is 0 Å². The fourth-order valence-corrected chi connectivity index (χ4v) is 2.52. The second kappa shape index (κ2) is 5.38. The summed E-state index contributed by atoms with van der Waals surface area (Å²) in [5.41, 5.74) is 4.13. The van der Waals surface area contributed by atoms with E-state index in [4.69, 9.17) is 0 Å². The van der Waals surface area contributed by atoms with Gasteiger partial charge in [-0.2, -0.15) is 4.37 Å². The number of rotatable bonds is 3. The maximum Gasteiger partial charge on any atom is 0.131 e. The van der Waals surface area contributed by atoms with Crippen LogP contribution in [0, 0.1) is 13.8 Å². The summed E-state index contributed by atoms with van der Waals surface area (Å²) >= 11 is 1.41. The first-order valence-corrected chi connectivity index (χ1v) is 7.07. The van der Waals surface area contributed by atoms with Gasteiger partial charge in [-0.3, -0.25) is 4.98 Å². The van der Waals surface area contributed by atoms with E-state index in [9.17, 15) is 0 Å². The molecule has 0 saturated heterocycles. The van der Waals surface area contributed by atoms with Gasteiger partial charge in [0.1, 0.15) is 16.5 Å². The van der Waals surface area contributed by atoms with Crippen LogP contribution in [0.15, 0.2) is 42.7 Å². The Bertz CT molecular complexity index is 736. The number of anilines is 2. The number of nitrogens with one attached hydrogen (secondary N) is 1. The first kappa shape index (κ1) is 12.7. The minimum Gasteiger partial charge on any atom is -0.331 e. The van der Waals surface area contributed by atoms with Crippen LogP contribution in [0.2, 0.25) is 0 Å². The lowest BCUT2D eigenvalue weighted by Gasteiger charge is -2.01. The zero-order valence-corrected chi connectivity index (χ0v) is 12.1. The van der Waals surface area contributed by atoms with Crippen LogP contribution >= 0.6 is 11.5 Å². The lowest BCUT2D eigenvalue weighted by Crippen LogP contribution is -1.91. The van der Waals surface area contributed by atoms with Gasteiger partial charge in [0.15, 0.2) is 0 Å². The average molecular weight is 282 g/mol. The van der Waals surface area contributed by atoms with Gasteiger partial charge in [-0.15, -0.1) is 0 Å². The maximum absolute atomic E-state index is 4.44. The molecule has 5 heteroatoms. The van der Waals surface area contributed by atoms with Gasteiger partial charge in [0, 0.05) is 18.5 Å². The Morgan fingerprint density at radius 2 is 1.65 bits per heavy atom. The van der Waals surface area contributed by atoms with E-state index < -0.39 is 0 Å². The van der Waals surface area contributed by atoms with Gasteiger partial charge in [-0.05, 0) is 60.8 Å². The van der Waals surface area contributed by atoms with Crippen molar-refractivity contribution >= 4 is 22.4 Å². The van der Waals surface area contributed by atoms with Crippen LogP contribution in [-0.4, -0.2) is 14.3 Å². The van der Waals surface area contributed by atoms with Crippen LogP contribution in [0.1, 0.15) is 11.1 Å². The summed E-state index contributed by atoms with van der Waals surface area (Å²) in [7, 11) is 0. The van der Waals surface area contributed by atoms with Crippen molar-refractivity contribution in [1.29, 1.82) is 0 Å². The van der Waals surface area contributed by atoms with Crippen molar-refractivity contribution in [2.75, 3.05) is 5.32 Å². The van der Waals surface area contributed by atoms with Gasteiger partial charge >= 0.3 is 0 Å². The third-order valence-electron chi connectivity index (χ3n) is 2.85. The van der Waals surface area contributed by atoms with E-state index in [2.05, 4.69) is 19.7 Å². The van der Waals surface area contributed by atoms with Crippen molar-refractivity contribution < 1.29 is 0 Å². The van der Waals surface area contributed by atoms with Crippen LogP contribution < -0.4 is 5.32 Å². The van der Waals surface area contributed by atoms with Crippen molar-refractivity contribution in [1.82, 2.24) is 14.3 Å². The molecule has 0 atom stereocenters. The van der Waals surface area contributed by atoms with E-state index in [-0.39, 0.29) is 0 Å². The van der Waals surface area contributed by atoms with Gasteiger partial charge in [-0.25, -0.2) is 4.98 Å². The molecule has 100 valence electrons. The summed E-state index contributed by atoms with van der Waals surface area (Å²) in [6.07, 6.45) is 3.60. The quantitative estimate of drug-likeness (QED) is 0.790. The third kappa shape index (κ3) is 2.83. The minimum absolute atomic E-state index is 0.831. The summed E-state index contributed by atoms with van der Waals surface area (Å²) in [5.74, 6) is 0.831. The summed E-state index contributed by atoms with van der Waals surface area (Å²) < 4.78 is 4.44. The molecule has 0 unspecified atom stereocenters. The largest absolute Gasteiger partial charge is 0.331 e. The molecule has 20 heavy (non-hydrogen) atoms. The Labute approximate surface area is 121 Å². The van der Waals surface area contributed by atoms with Crippen molar-refractivity contribution in [2.45, 2.75) is 13.8 Å². The molecule has 0 fully saturated rings. The van der Waals surface area contributed by atoms with Gasteiger partial charge in [-0.1, -0.05) is 0 Å². The van der Waals surface area contributed by atoms with Crippen molar-refractivity contribution in [2.24, 2.45) is 0 Å². The molecule has 0 amide bonds. The number of aromatic nitrogens is 3. The molecule has 0 aromatic carbocycles. The minimum atomic E-state index is 0.831. The third-order valence-corrected chi connectivity index (χ3v) is 3.56. The standard InChI is InChI=1S/C15H14N4S/c1-10-3-5-16-12(7-10)13-9-15(20-19-13)18-14-8-11(2)4-6-17-14/h3-9H,1-2H3,(H,17,18). The predicted molar refractivity (Wildman–Crippen MR) is 82.3 cm³/mol. The molecule has 0 saturated carbocycles. The van der Waals surface area contributed by atoms with E-state index in [1.807, 2.05) is 44.2 Å². The molecular weight excluding hydrogens is 268 g/mol. The highest BCUT2D eigenvalue weighted by molar-refractivity contribution is 7.10. The number of pyridine rings is 2. The maximum atomic E-state index is 4.44. The van der Waals surface area contributed by atoms with Crippen LogP contribution in [0.4, 0.5) is 10.8 Å². The average Bonchev–Trinajstić information content (AvgIpc) is 2.87. The zero-order chi connectivity index (χ0) is 13.9. The molecule has 4 nitrogen and oxygen atoms in total. The summed E-state index contributed by atoms with van der Waals surface area (Å²) in [6.45, 7) is 4.09. The SMILES string of the molecule is Cc1ccnc(Nc2cc(-c3cc(C)ccn3)ns2)c1. The van der Waals surface area contributed by atoms with E-state index in [1.54, 1.807) is 12.4 Å². The number of aryl methyl sites for hydroxylation is 2. The van der Waals surface area contributed by atoms with Crippen molar-refractivity contribution in [3.05, 3.63) is 53.9 Å². The van der Waals surface area contributed by atoms with Gasteiger partial charge < -0.3 is 5.32 Å². The van der Waals surface area contributed by atoms with Gasteiger partial charge in [0.2, 0.25) is 0 Å². The topological polar surface area (TPSA) is 50.7 Å². The lowest BCUT2D eigenvalue weighted by atomic mass is 10.2. The Kier molecular flexibility index (Phi) is 3.43. The molecule has 0 aliphatic rings. The molecule has 0 aliphatic carbocycles. The highest BCUT2D eigenvalue weighted by atomic mass is 32.1. The van der Waals surface area contributed by atoms with E-state index in [1.165, 1.54) is 22.7 Å². The summed E-state index contributed by atoms with van der Waals surface area (Å²) in [6, 6.07) is 9.98. The molecule has 3 aromatic rings. The van der Waals surface area contributed by atoms with Crippen LogP contribution in [0.3, 0.4) is 0 Å². The molecule has 3 aromatic heterocycles. The number of nitrogens with zero attached hydrogens (tertiary/aromatic N) is 3. The van der Waals surface area contributed by atoms with E-state index >= 15 is 0 Å². The first-order valence-electron chi connectivity index (χ1n) is 6.30. The summed E-state index contributed by atoms with van der Waals surface area (Å²) in [5, 5.41) is 4.23. The monoisotopic (exact) mass is 282 g/mol. The Morgan fingerprint density at radius 3 is 2.40 bits per heavy atom. The Hall–Kier alpha value is -2.27. The molecule has 1 N–H and O–H groups in total. The molecule has 0 spiro atoms. The lowest BCUT2D eigenvalue weighted by molar-refractivity contribution is 1.27. The van der Waals surface area contributed by atoms with Gasteiger partial charge in [0.05, 0.1) is 5.69 Å². The number of hydrogen-bond donors (Lipinski definition) is 1. The Morgan fingerprint density at radius 1 is 0.900 bits per heavy atom. The normalized spacial score (nSPS) is 10.5. The summed E-state index contributed by atoms with van der Waals surface area (Å²) in [4.78, 5) is 8.63.